The van der Waals surface area contributed by atoms with Crippen molar-refractivity contribution in [2.75, 3.05) is 0 Å². The zero-order valence-electron chi connectivity index (χ0n) is 12.3. The average molecular weight is 270 g/mol. The molecule has 1 saturated carbocycles. The van der Waals surface area contributed by atoms with Crippen molar-refractivity contribution in [2.24, 2.45) is 5.41 Å². The summed E-state index contributed by atoms with van der Waals surface area (Å²) in [6.07, 6.45) is 4.34. The maximum Gasteiger partial charge on any atom is 0.240 e. The lowest BCUT2D eigenvalue weighted by atomic mass is 9.86. The number of nitrogens with zero attached hydrogens (tertiary/aromatic N) is 1. The van der Waals surface area contributed by atoms with E-state index in [2.05, 4.69) is 42.6 Å². The zero-order valence-corrected chi connectivity index (χ0v) is 12.3. The van der Waals surface area contributed by atoms with Gasteiger partial charge in [0.1, 0.15) is 5.41 Å². The van der Waals surface area contributed by atoms with Gasteiger partial charge in [0.25, 0.3) is 0 Å². The Labute approximate surface area is 121 Å². The summed E-state index contributed by atoms with van der Waals surface area (Å²) in [5.74, 6) is -0.107. The van der Waals surface area contributed by atoms with E-state index in [1.54, 1.807) is 0 Å². The van der Waals surface area contributed by atoms with E-state index in [4.69, 9.17) is 0 Å². The lowest BCUT2D eigenvalue weighted by molar-refractivity contribution is -0.128. The third-order valence-electron chi connectivity index (χ3n) is 4.34. The molecule has 0 radical (unpaired) electrons. The van der Waals surface area contributed by atoms with Crippen LogP contribution in [-0.4, -0.2) is 5.91 Å². The number of nitrogens with one attached hydrogen (secondary N) is 1. The van der Waals surface area contributed by atoms with Gasteiger partial charge in [-0.2, -0.15) is 5.26 Å². The van der Waals surface area contributed by atoms with Crippen LogP contribution in [0.2, 0.25) is 0 Å². The predicted octanol–water partition coefficient (Wildman–Crippen LogP) is 3.51. The molecule has 3 heteroatoms. The first-order valence-corrected chi connectivity index (χ1v) is 7.42. The van der Waals surface area contributed by atoms with Gasteiger partial charge in [-0.15, -0.1) is 0 Å². The summed E-state index contributed by atoms with van der Waals surface area (Å²) in [5.41, 5.74) is 1.58. The van der Waals surface area contributed by atoms with E-state index in [0.29, 0.717) is 12.8 Å². The molecule has 0 aliphatic heterocycles. The molecule has 1 aliphatic carbocycles. The highest BCUT2D eigenvalue weighted by Gasteiger charge is 2.41. The summed E-state index contributed by atoms with van der Waals surface area (Å²) >= 11 is 0. The van der Waals surface area contributed by atoms with Crippen LogP contribution in [0.1, 0.15) is 56.7 Å². The summed E-state index contributed by atoms with van der Waals surface area (Å²) in [6.45, 7) is 4.09. The summed E-state index contributed by atoms with van der Waals surface area (Å²) < 4.78 is 0. The van der Waals surface area contributed by atoms with Gasteiger partial charge in [-0.05, 0) is 37.3 Å². The van der Waals surface area contributed by atoms with Crippen molar-refractivity contribution in [3.05, 3.63) is 35.4 Å². The molecular formula is C17H22N2O. The molecule has 1 fully saturated rings. The normalized spacial score (nSPS) is 18.2. The third kappa shape index (κ3) is 2.85. The molecule has 1 amide bonds. The minimum atomic E-state index is -0.794. The SMILES string of the molecule is CCc1ccc(C(C)NC(=O)C2(C#N)CCCC2)cc1. The maximum absolute atomic E-state index is 12.4. The van der Waals surface area contributed by atoms with Crippen LogP contribution in [0.25, 0.3) is 0 Å². The number of carbonyl (C=O) groups excluding carboxylic acids is 1. The van der Waals surface area contributed by atoms with Gasteiger partial charge in [-0.25, -0.2) is 0 Å². The topological polar surface area (TPSA) is 52.9 Å². The quantitative estimate of drug-likeness (QED) is 0.910. The molecule has 1 aliphatic rings. The van der Waals surface area contributed by atoms with E-state index in [-0.39, 0.29) is 11.9 Å². The molecule has 1 unspecified atom stereocenters. The van der Waals surface area contributed by atoms with Crippen LogP contribution in [0.5, 0.6) is 0 Å². The number of amides is 1. The van der Waals surface area contributed by atoms with Gasteiger partial charge in [-0.1, -0.05) is 44.0 Å². The molecule has 1 N–H and O–H groups in total. The molecule has 3 nitrogen and oxygen atoms in total. The van der Waals surface area contributed by atoms with Crippen molar-refractivity contribution < 1.29 is 4.79 Å². The van der Waals surface area contributed by atoms with Gasteiger partial charge >= 0.3 is 0 Å². The number of rotatable bonds is 4. The molecule has 0 heterocycles. The molecule has 0 spiro atoms. The Morgan fingerprint density at radius 1 is 1.35 bits per heavy atom. The molecule has 20 heavy (non-hydrogen) atoms. The second kappa shape index (κ2) is 6.09. The van der Waals surface area contributed by atoms with Crippen LogP contribution in [-0.2, 0) is 11.2 Å². The molecule has 0 aromatic heterocycles. The Bertz CT molecular complexity index is 507. The van der Waals surface area contributed by atoms with E-state index in [1.807, 2.05) is 6.92 Å². The van der Waals surface area contributed by atoms with Gasteiger partial charge in [0.15, 0.2) is 0 Å². The first-order valence-electron chi connectivity index (χ1n) is 7.42. The molecule has 0 bridgehead atoms. The Morgan fingerprint density at radius 2 is 1.95 bits per heavy atom. The summed E-state index contributed by atoms with van der Waals surface area (Å²) in [6, 6.07) is 10.5. The van der Waals surface area contributed by atoms with Crippen LogP contribution in [0.15, 0.2) is 24.3 Å². The van der Waals surface area contributed by atoms with Crippen molar-refractivity contribution in [3.63, 3.8) is 0 Å². The number of benzene rings is 1. The molecular weight excluding hydrogens is 248 g/mol. The van der Waals surface area contributed by atoms with Gasteiger partial charge in [0.05, 0.1) is 12.1 Å². The largest absolute Gasteiger partial charge is 0.348 e. The summed E-state index contributed by atoms with van der Waals surface area (Å²) in [4.78, 5) is 12.4. The van der Waals surface area contributed by atoms with Crippen LogP contribution >= 0.6 is 0 Å². The van der Waals surface area contributed by atoms with Crippen LogP contribution in [0, 0.1) is 16.7 Å². The highest BCUT2D eigenvalue weighted by Crippen LogP contribution is 2.38. The molecule has 1 atom stereocenters. The first kappa shape index (κ1) is 14.6. The Morgan fingerprint density at radius 3 is 2.45 bits per heavy atom. The number of hydrogen-bond donors (Lipinski definition) is 1. The molecule has 1 aromatic rings. The minimum absolute atomic E-state index is 0.0563. The number of nitriles is 1. The second-order valence-corrected chi connectivity index (χ2v) is 5.69. The Balaban J connectivity index is 2.05. The predicted molar refractivity (Wildman–Crippen MR) is 78.9 cm³/mol. The highest BCUT2D eigenvalue weighted by molar-refractivity contribution is 5.86. The van der Waals surface area contributed by atoms with Crippen LogP contribution < -0.4 is 5.32 Å². The highest BCUT2D eigenvalue weighted by atomic mass is 16.2. The second-order valence-electron chi connectivity index (χ2n) is 5.69. The lowest BCUT2D eigenvalue weighted by Gasteiger charge is -2.23. The van der Waals surface area contributed by atoms with Crippen LogP contribution in [0.4, 0.5) is 0 Å². The minimum Gasteiger partial charge on any atom is -0.348 e. The van der Waals surface area contributed by atoms with E-state index in [0.717, 1.165) is 24.8 Å². The van der Waals surface area contributed by atoms with E-state index in [1.165, 1.54) is 5.56 Å². The fraction of sp³-hybridized carbons (Fsp3) is 0.529. The van der Waals surface area contributed by atoms with Crippen LogP contribution in [0.3, 0.4) is 0 Å². The third-order valence-corrected chi connectivity index (χ3v) is 4.34. The van der Waals surface area contributed by atoms with Crippen molar-refractivity contribution >= 4 is 5.91 Å². The fourth-order valence-corrected chi connectivity index (χ4v) is 2.83. The Kier molecular flexibility index (Phi) is 4.44. The van der Waals surface area contributed by atoms with Crippen molar-refractivity contribution in [2.45, 2.75) is 52.0 Å². The van der Waals surface area contributed by atoms with Gasteiger partial charge in [0.2, 0.25) is 5.91 Å². The standard InChI is InChI=1S/C17H22N2O/c1-3-14-6-8-15(9-7-14)13(2)19-16(20)17(12-18)10-4-5-11-17/h6-9,13H,3-5,10-11H2,1-2H3,(H,19,20). The first-order chi connectivity index (χ1) is 9.61. The van der Waals surface area contributed by atoms with Crippen molar-refractivity contribution in [3.8, 4) is 6.07 Å². The number of carbonyl (C=O) groups is 1. The van der Waals surface area contributed by atoms with Gasteiger partial charge in [-0.3, -0.25) is 4.79 Å². The fourth-order valence-electron chi connectivity index (χ4n) is 2.83. The molecule has 1 aromatic carbocycles. The van der Waals surface area contributed by atoms with E-state index in [9.17, 15) is 10.1 Å². The van der Waals surface area contributed by atoms with E-state index >= 15 is 0 Å². The van der Waals surface area contributed by atoms with Gasteiger partial charge in [0, 0.05) is 0 Å². The molecule has 0 saturated heterocycles. The number of aryl methyl sites for hydroxylation is 1. The maximum atomic E-state index is 12.4. The van der Waals surface area contributed by atoms with Crippen molar-refractivity contribution in [1.29, 1.82) is 5.26 Å². The average Bonchev–Trinajstić information content (AvgIpc) is 2.97. The van der Waals surface area contributed by atoms with Gasteiger partial charge < -0.3 is 5.32 Å². The number of hydrogen-bond acceptors (Lipinski definition) is 2. The molecule has 106 valence electrons. The van der Waals surface area contributed by atoms with Crippen molar-refractivity contribution in [1.82, 2.24) is 5.32 Å². The summed E-state index contributed by atoms with van der Waals surface area (Å²) in [5, 5.41) is 12.3. The van der Waals surface area contributed by atoms with E-state index < -0.39 is 5.41 Å². The zero-order chi connectivity index (χ0) is 14.6. The lowest BCUT2D eigenvalue weighted by Crippen LogP contribution is -2.39. The smallest absolute Gasteiger partial charge is 0.240 e. The Hall–Kier alpha value is -1.82. The molecule has 2 rings (SSSR count). The monoisotopic (exact) mass is 270 g/mol. The summed E-state index contributed by atoms with van der Waals surface area (Å²) in [7, 11) is 0.